The molecule has 146 valence electrons. The van der Waals surface area contributed by atoms with Gasteiger partial charge in [-0.05, 0) is 31.0 Å². The van der Waals surface area contributed by atoms with Crippen molar-refractivity contribution in [1.29, 1.82) is 0 Å². The predicted molar refractivity (Wildman–Crippen MR) is 98.8 cm³/mol. The van der Waals surface area contributed by atoms with E-state index in [1.54, 1.807) is 29.6 Å². The Morgan fingerprint density at radius 2 is 2.17 bits per heavy atom. The van der Waals surface area contributed by atoms with Gasteiger partial charge >= 0.3 is 0 Å². The Morgan fingerprint density at radius 1 is 1.28 bits per heavy atom. The maximum atomic E-state index is 14.2. The van der Waals surface area contributed by atoms with Crippen LogP contribution < -0.4 is 0 Å². The second-order valence-corrected chi connectivity index (χ2v) is 7.51. The Morgan fingerprint density at radius 3 is 3.00 bits per heavy atom. The Kier molecular flexibility index (Phi) is 3.41. The maximum Gasteiger partial charge on any atom is 0.292 e. The average Bonchev–Trinajstić information content (AvgIpc) is 3.13. The summed E-state index contributed by atoms with van der Waals surface area (Å²) in [4.78, 5) is 27.0. The van der Waals surface area contributed by atoms with Crippen LogP contribution in [0.3, 0.4) is 0 Å². The molecular weight excluding hydrogens is 375 g/mol. The second kappa shape index (κ2) is 6.00. The average molecular weight is 392 g/mol. The first-order chi connectivity index (χ1) is 14.2. The van der Waals surface area contributed by atoms with Gasteiger partial charge in [-0.3, -0.25) is 4.79 Å². The van der Waals surface area contributed by atoms with Crippen molar-refractivity contribution in [2.75, 3.05) is 6.54 Å². The molecule has 0 unspecified atom stereocenters. The Hall–Kier alpha value is -3.49. The smallest absolute Gasteiger partial charge is 0.292 e. The van der Waals surface area contributed by atoms with Crippen LogP contribution in [0.1, 0.15) is 58.1 Å². The van der Waals surface area contributed by atoms with E-state index >= 15 is 0 Å². The van der Waals surface area contributed by atoms with Crippen molar-refractivity contribution in [2.24, 2.45) is 0 Å². The Balaban J connectivity index is 1.47. The minimum absolute atomic E-state index is 0.236. The molecule has 9 heteroatoms. The molecule has 0 radical (unpaired) electrons. The number of fused-ring (bicyclic) bond motifs is 2. The van der Waals surface area contributed by atoms with Crippen LogP contribution in [-0.4, -0.2) is 41.9 Å². The highest BCUT2D eigenvalue weighted by atomic mass is 19.1. The molecule has 0 saturated heterocycles. The standard InChI is InChI=1S/C20H17FN6O2/c21-12-2-1-6-27-15(12)8-14(25-27)18-17-13(22-9-23-17)5-7-26(18)20(28)19-16(11-3-4-11)24-10-29-19/h1-2,6,8-11,18H,3-5,7H2,(H,22,23)/t18-/m1/s1. The van der Waals surface area contributed by atoms with E-state index in [4.69, 9.17) is 4.42 Å². The largest absolute Gasteiger partial charge is 0.438 e. The molecule has 1 aliphatic heterocycles. The SMILES string of the molecule is O=C(c1ocnc1C1CC1)N1CCc2[nH]cnc2[C@H]1c1cc2c(F)cccn2n1. The van der Waals surface area contributed by atoms with Crippen LogP contribution in [0.5, 0.6) is 0 Å². The van der Waals surface area contributed by atoms with Gasteiger partial charge in [-0.15, -0.1) is 0 Å². The summed E-state index contributed by atoms with van der Waals surface area (Å²) in [5.41, 5.74) is 3.32. The van der Waals surface area contributed by atoms with Crippen LogP contribution in [0, 0.1) is 5.82 Å². The van der Waals surface area contributed by atoms with Crippen molar-refractivity contribution >= 4 is 11.4 Å². The van der Waals surface area contributed by atoms with Crippen LogP contribution >= 0.6 is 0 Å². The van der Waals surface area contributed by atoms with Gasteiger partial charge in [0.15, 0.2) is 6.39 Å². The minimum atomic E-state index is -0.533. The van der Waals surface area contributed by atoms with Gasteiger partial charge in [0.05, 0.1) is 23.4 Å². The van der Waals surface area contributed by atoms with Gasteiger partial charge in [0.25, 0.3) is 5.91 Å². The zero-order chi connectivity index (χ0) is 19.5. The normalized spacial score (nSPS) is 18.9. The summed E-state index contributed by atoms with van der Waals surface area (Å²) in [7, 11) is 0. The van der Waals surface area contributed by atoms with E-state index in [9.17, 15) is 9.18 Å². The lowest BCUT2D eigenvalue weighted by molar-refractivity contribution is 0.0652. The molecule has 1 fully saturated rings. The van der Waals surface area contributed by atoms with Gasteiger partial charge in [0, 0.05) is 30.8 Å². The molecule has 6 rings (SSSR count). The maximum absolute atomic E-state index is 14.2. The van der Waals surface area contributed by atoms with E-state index in [1.165, 1.54) is 17.0 Å². The zero-order valence-corrected chi connectivity index (χ0v) is 15.4. The number of amides is 1. The van der Waals surface area contributed by atoms with Crippen molar-refractivity contribution in [3.63, 3.8) is 0 Å². The topological polar surface area (TPSA) is 92.3 Å². The summed E-state index contributed by atoms with van der Waals surface area (Å²) in [6.45, 7) is 0.472. The van der Waals surface area contributed by atoms with E-state index in [0.29, 0.717) is 30.1 Å². The van der Waals surface area contributed by atoms with Crippen molar-refractivity contribution in [2.45, 2.75) is 31.2 Å². The molecule has 1 atom stereocenters. The van der Waals surface area contributed by atoms with Gasteiger partial charge in [0.2, 0.25) is 5.76 Å². The van der Waals surface area contributed by atoms with Crippen LogP contribution in [0.2, 0.25) is 0 Å². The van der Waals surface area contributed by atoms with Crippen molar-refractivity contribution < 1.29 is 13.6 Å². The fourth-order valence-electron chi connectivity index (χ4n) is 4.12. The van der Waals surface area contributed by atoms with Gasteiger partial charge in [-0.25, -0.2) is 18.9 Å². The number of aromatic amines is 1. The van der Waals surface area contributed by atoms with Gasteiger partial charge in [-0.1, -0.05) is 0 Å². The fraction of sp³-hybridized carbons (Fsp3) is 0.300. The zero-order valence-electron chi connectivity index (χ0n) is 15.4. The molecule has 1 N–H and O–H groups in total. The van der Waals surface area contributed by atoms with Crippen LogP contribution in [0.25, 0.3) is 5.52 Å². The van der Waals surface area contributed by atoms with Crippen molar-refractivity contribution in [1.82, 2.24) is 29.5 Å². The molecule has 1 amide bonds. The van der Waals surface area contributed by atoms with Crippen molar-refractivity contribution in [3.8, 4) is 0 Å². The minimum Gasteiger partial charge on any atom is -0.438 e. The number of carbonyl (C=O) groups excluding carboxylic acids is 1. The van der Waals surface area contributed by atoms with Gasteiger partial charge in [-0.2, -0.15) is 5.10 Å². The number of hydrogen-bond acceptors (Lipinski definition) is 5. The lowest BCUT2D eigenvalue weighted by Gasteiger charge is -2.33. The lowest BCUT2D eigenvalue weighted by atomic mass is 9.99. The number of imidazole rings is 1. The number of nitrogens with one attached hydrogen (secondary N) is 1. The number of carbonyl (C=O) groups is 1. The van der Waals surface area contributed by atoms with E-state index in [-0.39, 0.29) is 17.5 Å². The molecule has 0 bridgehead atoms. The van der Waals surface area contributed by atoms with E-state index in [1.807, 2.05) is 0 Å². The van der Waals surface area contributed by atoms with E-state index < -0.39 is 6.04 Å². The first-order valence-corrected chi connectivity index (χ1v) is 9.61. The summed E-state index contributed by atoms with van der Waals surface area (Å²) in [6, 6.07) is 4.13. The number of rotatable bonds is 3. The highest BCUT2D eigenvalue weighted by Gasteiger charge is 2.40. The van der Waals surface area contributed by atoms with Gasteiger partial charge in [0.1, 0.15) is 17.4 Å². The quantitative estimate of drug-likeness (QED) is 0.579. The fourth-order valence-corrected chi connectivity index (χ4v) is 4.12. The second-order valence-electron chi connectivity index (χ2n) is 7.51. The summed E-state index contributed by atoms with van der Waals surface area (Å²) >= 11 is 0. The third-order valence-electron chi connectivity index (χ3n) is 5.69. The first kappa shape index (κ1) is 16.5. The molecule has 1 aliphatic carbocycles. The van der Waals surface area contributed by atoms with Crippen molar-refractivity contribution in [3.05, 3.63) is 71.5 Å². The number of nitrogens with zero attached hydrogens (tertiary/aromatic N) is 5. The summed E-state index contributed by atoms with van der Waals surface area (Å²) in [5, 5.41) is 4.54. The molecule has 29 heavy (non-hydrogen) atoms. The summed E-state index contributed by atoms with van der Waals surface area (Å²) < 4.78 is 21.2. The third kappa shape index (κ3) is 2.50. The first-order valence-electron chi connectivity index (χ1n) is 9.61. The van der Waals surface area contributed by atoms with E-state index in [2.05, 4.69) is 20.1 Å². The van der Waals surface area contributed by atoms with E-state index in [0.717, 1.165) is 29.9 Å². The number of oxazole rings is 1. The highest BCUT2D eigenvalue weighted by Crippen LogP contribution is 2.42. The number of aromatic nitrogens is 5. The monoisotopic (exact) mass is 392 g/mol. The van der Waals surface area contributed by atoms with Gasteiger partial charge < -0.3 is 14.3 Å². The number of halogens is 1. The molecule has 8 nitrogen and oxygen atoms in total. The lowest BCUT2D eigenvalue weighted by Crippen LogP contribution is -2.41. The predicted octanol–water partition coefficient (Wildman–Crippen LogP) is 2.85. The molecule has 0 aromatic carbocycles. The Labute approximate surface area is 164 Å². The molecule has 5 heterocycles. The molecule has 4 aromatic rings. The third-order valence-corrected chi connectivity index (χ3v) is 5.69. The summed E-state index contributed by atoms with van der Waals surface area (Å²) in [6.07, 6.45) is 7.32. The van der Waals surface area contributed by atoms with Crippen LogP contribution in [0.15, 0.2) is 41.5 Å². The molecular formula is C20H17FN6O2. The number of H-pyrrole nitrogens is 1. The van der Waals surface area contributed by atoms with Crippen LogP contribution in [0.4, 0.5) is 4.39 Å². The molecule has 0 spiro atoms. The molecule has 2 aliphatic rings. The molecule has 1 saturated carbocycles. The molecule has 4 aromatic heterocycles. The van der Waals surface area contributed by atoms with Crippen LogP contribution in [-0.2, 0) is 6.42 Å². The number of hydrogen-bond donors (Lipinski definition) is 1. The highest BCUT2D eigenvalue weighted by molar-refractivity contribution is 5.93. The number of pyridine rings is 1. The summed E-state index contributed by atoms with van der Waals surface area (Å²) in [5.74, 6) is -0.0263. The Bertz CT molecular complexity index is 1240.